The highest BCUT2D eigenvalue weighted by Gasteiger charge is 2.19. The monoisotopic (exact) mass is 203 g/mol. The fraction of sp³-hybridized carbons (Fsp3) is 0.455. The zero-order chi connectivity index (χ0) is 10.1. The Labute approximate surface area is 88.6 Å². The smallest absolute Gasteiger partial charge is 0.129 e. The van der Waals surface area contributed by atoms with Crippen LogP contribution in [0.1, 0.15) is 11.7 Å². The van der Waals surface area contributed by atoms with Crippen molar-refractivity contribution in [3.8, 4) is 0 Å². The number of ether oxygens (including phenoxy) is 1. The molecule has 1 aromatic rings. The van der Waals surface area contributed by atoms with Crippen molar-refractivity contribution in [1.82, 2.24) is 4.98 Å². The van der Waals surface area contributed by atoms with Gasteiger partial charge in [-0.1, -0.05) is 6.07 Å². The summed E-state index contributed by atoms with van der Waals surface area (Å²) in [6, 6.07) is 6.37. The lowest BCUT2D eigenvalue weighted by Crippen LogP contribution is -2.36. The Bertz CT molecular complexity index is 379. The average molecular weight is 203 g/mol. The van der Waals surface area contributed by atoms with Gasteiger partial charge < -0.3 is 9.64 Å². The maximum atomic E-state index is 5.32. The number of hydrogen-bond donors (Lipinski definition) is 0. The van der Waals surface area contributed by atoms with Crippen LogP contribution in [0, 0.1) is 0 Å². The number of aliphatic imine (C=N–C) groups is 1. The standard InChI is InChI=1S/C11H13N3O/c1-2-9(10-8-12-10)13-11(3-1)14-4-6-15-7-5-14/h1-3,8,10H,4-7H2. The van der Waals surface area contributed by atoms with Crippen molar-refractivity contribution in [3.05, 3.63) is 23.9 Å². The highest BCUT2D eigenvalue weighted by Crippen LogP contribution is 2.24. The van der Waals surface area contributed by atoms with Crippen molar-refractivity contribution in [2.24, 2.45) is 4.99 Å². The van der Waals surface area contributed by atoms with E-state index in [0.717, 1.165) is 37.8 Å². The normalized spacial score (nSPS) is 24.3. The van der Waals surface area contributed by atoms with Crippen molar-refractivity contribution >= 4 is 12.0 Å². The van der Waals surface area contributed by atoms with Crippen molar-refractivity contribution < 1.29 is 4.74 Å². The first kappa shape index (κ1) is 8.85. The molecular formula is C11H13N3O. The lowest BCUT2D eigenvalue weighted by molar-refractivity contribution is 0.122. The van der Waals surface area contributed by atoms with Crippen LogP contribution >= 0.6 is 0 Å². The number of morpholine rings is 1. The third-order valence-electron chi connectivity index (χ3n) is 2.69. The zero-order valence-corrected chi connectivity index (χ0v) is 8.47. The molecule has 3 heterocycles. The summed E-state index contributed by atoms with van der Waals surface area (Å²) in [7, 11) is 0. The summed E-state index contributed by atoms with van der Waals surface area (Å²) < 4.78 is 5.32. The molecule has 3 rings (SSSR count). The van der Waals surface area contributed by atoms with E-state index in [9.17, 15) is 0 Å². The van der Waals surface area contributed by atoms with E-state index in [1.807, 2.05) is 12.3 Å². The molecule has 0 radical (unpaired) electrons. The van der Waals surface area contributed by atoms with E-state index in [0.29, 0.717) is 0 Å². The van der Waals surface area contributed by atoms with Crippen LogP contribution in [-0.2, 0) is 4.74 Å². The van der Waals surface area contributed by atoms with Crippen molar-refractivity contribution in [2.45, 2.75) is 6.04 Å². The van der Waals surface area contributed by atoms with Gasteiger partial charge in [-0.3, -0.25) is 4.99 Å². The van der Waals surface area contributed by atoms with Crippen LogP contribution in [0.15, 0.2) is 23.2 Å². The third kappa shape index (κ3) is 1.85. The lowest BCUT2D eigenvalue weighted by atomic mass is 10.2. The molecular weight excluding hydrogens is 190 g/mol. The van der Waals surface area contributed by atoms with Gasteiger partial charge in [-0.05, 0) is 12.1 Å². The van der Waals surface area contributed by atoms with Crippen LogP contribution in [0.5, 0.6) is 0 Å². The van der Waals surface area contributed by atoms with Crippen molar-refractivity contribution in [1.29, 1.82) is 0 Å². The second-order valence-corrected chi connectivity index (χ2v) is 3.76. The van der Waals surface area contributed by atoms with Crippen LogP contribution in [0.4, 0.5) is 5.82 Å². The first-order valence-corrected chi connectivity index (χ1v) is 5.26. The van der Waals surface area contributed by atoms with Crippen LogP contribution in [0.3, 0.4) is 0 Å². The molecule has 78 valence electrons. The molecule has 0 bridgehead atoms. The minimum atomic E-state index is 0.242. The summed E-state index contributed by atoms with van der Waals surface area (Å²) in [6.07, 6.45) is 1.92. The predicted molar refractivity (Wildman–Crippen MR) is 58.5 cm³/mol. The summed E-state index contributed by atoms with van der Waals surface area (Å²) in [5, 5.41) is 0. The summed E-state index contributed by atoms with van der Waals surface area (Å²) in [6.45, 7) is 3.46. The number of anilines is 1. The van der Waals surface area contributed by atoms with Gasteiger partial charge in [0.2, 0.25) is 0 Å². The number of aromatic nitrogens is 1. The van der Waals surface area contributed by atoms with E-state index in [2.05, 4.69) is 27.0 Å². The van der Waals surface area contributed by atoms with E-state index in [-0.39, 0.29) is 6.04 Å². The third-order valence-corrected chi connectivity index (χ3v) is 2.69. The molecule has 2 aliphatic heterocycles. The molecule has 1 fully saturated rings. The minimum absolute atomic E-state index is 0.242. The number of hydrogen-bond acceptors (Lipinski definition) is 4. The molecule has 15 heavy (non-hydrogen) atoms. The maximum Gasteiger partial charge on any atom is 0.129 e. The van der Waals surface area contributed by atoms with Crippen molar-refractivity contribution in [3.63, 3.8) is 0 Å². The van der Waals surface area contributed by atoms with Gasteiger partial charge in [0.05, 0.1) is 18.9 Å². The van der Waals surface area contributed by atoms with Gasteiger partial charge >= 0.3 is 0 Å². The number of nitrogens with zero attached hydrogens (tertiary/aromatic N) is 3. The second kappa shape index (κ2) is 3.62. The fourth-order valence-corrected chi connectivity index (χ4v) is 1.77. The van der Waals surface area contributed by atoms with Crippen LogP contribution < -0.4 is 4.90 Å². The molecule has 0 saturated carbocycles. The summed E-state index contributed by atoms with van der Waals surface area (Å²) in [4.78, 5) is 11.0. The molecule has 0 amide bonds. The Morgan fingerprint density at radius 2 is 2.07 bits per heavy atom. The van der Waals surface area contributed by atoms with E-state index in [4.69, 9.17) is 4.74 Å². The number of rotatable bonds is 2. The molecule has 4 nitrogen and oxygen atoms in total. The molecule has 0 aromatic carbocycles. The van der Waals surface area contributed by atoms with Gasteiger partial charge in [0.25, 0.3) is 0 Å². The molecule has 1 atom stereocenters. The summed E-state index contributed by atoms with van der Waals surface area (Å²) >= 11 is 0. The van der Waals surface area contributed by atoms with E-state index in [1.54, 1.807) is 0 Å². The SMILES string of the molecule is C1=NC1c1cccc(N2CCOCC2)n1. The van der Waals surface area contributed by atoms with Gasteiger partial charge in [0, 0.05) is 19.3 Å². The molecule has 1 unspecified atom stereocenters. The van der Waals surface area contributed by atoms with Gasteiger partial charge in [-0.25, -0.2) is 4.98 Å². The van der Waals surface area contributed by atoms with E-state index in [1.165, 1.54) is 0 Å². The van der Waals surface area contributed by atoms with Crippen molar-refractivity contribution in [2.75, 3.05) is 31.2 Å². The van der Waals surface area contributed by atoms with E-state index < -0.39 is 0 Å². The Kier molecular flexibility index (Phi) is 2.14. The maximum absolute atomic E-state index is 5.32. The zero-order valence-electron chi connectivity index (χ0n) is 8.47. The highest BCUT2D eigenvalue weighted by molar-refractivity contribution is 5.79. The molecule has 4 heteroatoms. The highest BCUT2D eigenvalue weighted by atomic mass is 16.5. The quantitative estimate of drug-likeness (QED) is 0.721. The van der Waals surface area contributed by atoms with Gasteiger partial charge in [-0.15, -0.1) is 0 Å². The molecule has 2 aliphatic rings. The summed E-state index contributed by atoms with van der Waals surface area (Å²) in [5.74, 6) is 1.05. The summed E-state index contributed by atoms with van der Waals surface area (Å²) in [5.41, 5.74) is 1.05. The largest absolute Gasteiger partial charge is 0.378 e. The van der Waals surface area contributed by atoms with Gasteiger partial charge in [0.1, 0.15) is 11.9 Å². The fourth-order valence-electron chi connectivity index (χ4n) is 1.77. The Morgan fingerprint density at radius 1 is 1.27 bits per heavy atom. The molecule has 1 aromatic heterocycles. The average Bonchev–Trinajstić information content (AvgIpc) is 3.14. The van der Waals surface area contributed by atoms with Gasteiger partial charge in [0.15, 0.2) is 0 Å². The van der Waals surface area contributed by atoms with Crippen LogP contribution in [0.2, 0.25) is 0 Å². The molecule has 0 spiro atoms. The second-order valence-electron chi connectivity index (χ2n) is 3.76. The minimum Gasteiger partial charge on any atom is -0.378 e. The Hall–Kier alpha value is -1.42. The van der Waals surface area contributed by atoms with Gasteiger partial charge in [-0.2, -0.15) is 0 Å². The Morgan fingerprint density at radius 3 is 2.80 bits per heavy atom. The first-order valence-electron chi connectivity index (χ1n) is 5.26. The first-order chi connectivity index (χ1) is 7.43. The molecule has 1 saturated heterocycles. The van der Waals surface area contributed by atoms with E-state index >= 15 is 0 Å². The molecule has 0 aliphatic carbocycles. The number of pyridine rings is 1. The topological polar surface area (TPSA) is 37.7 Å². The predicted octanol–water partition coefficient (Wildman–Crippen LogP) is 1.04. The Balaban J connectivity index is 1.80. The van der Waals surface area contributed by atoms with Crippen LogP contribution in [0.25, 0.3) is 0 Å². The van der Waals surface area contributed by atoms with Crippen LogP contribution in [-0.4, -0.2) is 37.5 Å². The molecule has 0 N–H and O–H groups in total. The lowest BCUT2D eigenvalue weighted by Gasteiger charge is -2.27.